The first-order valence-corrected chi connectivity index (χ1v) is 3.63. The minimum Gasteiger partial charge on any atom is -0.264 e. The zero-order valence-corrected chi connectivity index (χ0v) is 7.35. The van der Waals surface area contributed by atoms with Gasteiger partial charge in [0.15, 0.2) is 5.82 Å². The molecule has 11 heavy (non-hydrogen) atoms. The lowest BCUT2D eigenvalue weighted by Gasteiger charge is -2.18. The Morgan fingerprint density at radius 3 is 2.18 bits per heavy atom. The van der Waals surface area contributed by atoms with Crippen LogP contribution in [0.15, 0.2) is 6.20 Å². The van der Waals surface area contributed by atoms with E-state index >= 15 is 0 Å². The first-order chi connectivity index (χ1) is 4.91. The van der Waals surface area contributed by atoms with Crippen LogP contribution in [0.2, 0.25) is 0 Å². The van der Waals surface area contributed by atoms with Gasteiger partial charge in [0.25, 0.3) is 0 Å². The van der Waals surface area contributed by atoms with E-state index in [9.17, 15) is 4.39 Å². The number of aryl methyl sites for hydroxylation is 1. The van der Waals surface area contributed by atoms with Crippen molar-refractivity contribution in [2.75, 3.05) is 0 Å². The summed E-state index contributed by atoms with van der Waals surface area (Å²) < 4.78 is 14.4. The smallest absolute Gasteiger partial charge is 0.163 e. The van der Waals surface area contributed by atoms with Crippen LogP contribution in [0.25, 0.3) is 0 Å². The Morgan fingerprint density at radius 1 is 1.45 bits per heavy atom. The molecule has 1 heterocycles. The Bertz CT molecular complexity index is 238. The number of hydrogen-bond donors (Lipinski definition) is 0. The number of hydrogen-bond acceptors (Lipinski definition) is 1. The molecule has 0 aliphatic carbocycles. The Balaban J connectivity index is 3.08. The van der Waals surface area contributed by atoms with Crippen molar-refractivity contribution >= 4 is 0 Å². The maximum Gasteiger partial charge on any atom is 0.163 e. The molecule has 0 aliphatic heterocycles. The minimum atomic E-state index is -0.236. The van der Waals surface area contributed by atoms with Gasteiger partial charge >= 0.3 is 0 Å². The summed E-state index contributed by atoms with van der Waals surface area (Å²) in [6.07, 6.45) is 1.43. The molecule has 3 heteroatoms. The van der Waals surface area contributed by atoms with Crippen LogP contribution in [0.5, 0.6) is 0 Å². The van der Waals surface area contributed by atoms with Crippen LogP contribution < -0.4 is 0 Å². The highest BCUT2D eigenvalue weighted by molar-refractivity contribution is 5.01. The van der Waals surface area contributed by atoms with Crippen LogP contribution in [0, 0.1) is 12.7 Å². The van der Waals surface area contributed by atoms with E-state index in [2.05, 4.69) is 5.10 Å². The van der Waals surface area contributed by atoms with E-state index in [4.69, 9.17) is 0 Å². The molecule has 0 bridgehead atoms. The molecule has 0 saturated heterocycles. The normalized spacial score (nSPS) is 12.1. The van der Waals surface area contributed by atoms with E-state index in [0.29, 0.717) is 5.69 Å². The van der Waals surface area contributed by atoms with Crippen molar-refractivity contribution in [3.05, 3.63) is 17.7 Å². The van der Waals surface area contributed by atoms with Gasteiger partial charge in [0, 0.05) is 0 Å². The molecule has 0 N–H and O–H groups in total. The van der Waals surface area contributed by atoms with Gasteiger partial charge in [-0.25, -0.2) is 4.39 Å². The van der Waals surface area contributed by atoms with Crippen molar-refractivity contribution in [2.45, 2.75) is 33.2 Å². The predicted molar refractivity (Wildman–Crippen MR) is 41.9 cm³/mol. The zero-order valence-electron chi connectivity index (χ0n) is 7.35. The number of halogens is 1. The average molecular weight is 156 g/mol. The highest BCUT2D eigenvalue weighted by atomic mass is 19.1. The second-order valence-corrected chi connectivity index (χ2v) is 3.68. The predicted octanol–water partition coefficient (Wildman–Crippen LogP) is 2.09. The summed E-state index contributed by atoms with van der Waals surface area (Å²) in [6.45, 7) is 7.62. The van der Waals surface area contributed by atoms with Gasteiger partial charge in [-0.05, 0) is 27.7 Å². The average Bonchev–Trinajstić information content (AvgIpc) is 2.11. The standard InChI is InChI=1S/C8H13FN2/c1-6-7(9)5-11(10-6)8(2,3)4/h5H,1-4H3. The molecule has 62 valence electrons. The van der Waals surface area contributed by atoms with E-state index in [-0.39, 0.29) is 11.4 Å². The van der Waals surface area contributed by atoms with Crippen molar-refractivity contribution in [1.29, 1.82) is 0 Å². The summed E-state index contributed by atoms with van der Waals surface area (Å²) >= 11 is 0. The van der Waals surface area contributed by atoms with E-state index in [1.165, 1.54) is 6.20 Å². The van der Waals surface area contributed by atoms with Crippen LogP contribution in [-0.2, 0) is 5.54 Å². The van der Waals surface area contributed by atoms with Crippen LogP contribution in [0.1, 0.15) is 26.5 Å². The maximum absolute atomic E-state index is 12.8. The van der Waals surface area contributed by atoms with Crippen molar-refractivity contribution in [2.24, 2.45) is 0 Å². The Kier molecular flexibility index (Phi) is 1.74. The fourth-order valence-corrected chi connectivity index (χ4v) is 0.783. The van der Waals surface area contributed by atoms with Crippen molar-refractivity contribution in [1.82, 2.24) is 9.78 Å². The Hall–Kier alpha value is -0.860. The van der Waals surface area contributed by atoms with Crippen LogP contribution in [-0.4, -0.2) is 9.78 Å². The highest BCUT2D eigenvalue weighted by Gasteiger charge is 2.15. The van der Waals surface area contributed by atoms with Crippen LogP contribution in [0.3, 0.4) is 0 Å². The summed E-state index contributed by atoms with van der Waals surface area (Å²) in [7, 11) is 0. The molecule has 0 radical (unpaired) electrons. The number of nitrogens with zero attached hydrogens (tertiary/aromatic N) is 2. The molecule has 1 aromatic rings. The van der Waals surface area contributed by atoms with Gasteiger partial charge < -0.3 is 0 Å². The van der Waals surface area contributed by atoms with Gasteiger partial charge in [-0.1, -0.05) is 0 Å². The SMILES string of the molecule is Cc1nn(C(C)(C)C)cc1F. The van der Waals surface area contributed by atoms with E-state index in [1.807, 2.05) is 20.8 Å². The fourth-order valence-electron chi connectivity index (χ4n) is 0.783. The highest BCUT2D eigenvalue weighted by Crippen LogP contribution is 2.14. The number of rotatable bonds is 0. The lowest BCUT2D eigenvalue weighted by atomic mass is 10.1. The van der Waals surface area contributed by atoms with Gasteiger partial charge in [-0.2, -0.15) is 5.10 Å². The van der Waals surface area contributed by atoms with E-state index in [0.717, 1.165) is 0 Å². The molecular formula is C8H13FN2. The largest absolute Gasteiger partial charge is 0.264 e. The van der Waals surface area contributed by atoms with E-state index < -0.39 is 0 Å². The summed E-state index contributed by atoms with van der Waals surface area (Å²) in [5, 5.41) is 4.02. The van der Waals surface area contributed by atoms with Gasteiger partial charge in [-0.3, -0.25) is 4.68 Å². The third kappa shape index (κ3) is 1.59. The molecule has 2 nitrogen and oxygen atoms in total. The van der Waals surface area contributed by atoms with Crippen LogP contribution in [0.4, 0.5) is 4.39 Å². The lowest BCUT2D eigenvalue weighted by molar-refractivity contribution is 0.353. The topological polar surface area (TPSA) is 17.8 Å². The summed E-state index contributed by atoms with van der Waals surface area (Å²) in [6, 6.07) is 0. The molecule has 0 spiro atoms. The Morgan fingerprint density at radius 2 is 2.00 bits per heavy atom. The summed E-state index contributed by atoms with van der Waals surface area (Å²) in [4.78, 5) is 0. The molecule has 1 rings (SSSR count). The minimum absolute atomic E-state index is 0.130. The van der Waals surface area contributed by atoms with Crippen molar-refractivity contribution in [3.8, 4) is 0 Å². The van der Waals surface area contributed by atoms with Gasteiger partial charge in [0.2, 0.25) is 0 Å². The third-order valence-electron chi connectivity index (χ3n) is 1.53. The van der Waals surface area contributed by atoms with Crippen molar-refractivity contribution < 1.29 is 4.39 Å². The van der Waals surface area contributed by atoms with Crippen molar-refractivity contribution in [3.63, 3.8) is 0 Å². The molecule has 1 aromatic heterocycles. The summed E-state index contributed by atoms with van der Waals surface area (Å²) in [5.41, 5.74) is 0.328. The fraction of sp³-hybridized carbons (Fsp3) is 0.625. The van der Waals surface area contributed by atoms with Gasteiger partial charge in [-0.15, -0.1) is 0 Å². The maximum atomic E-state index is 12.8. The molecule has 0 fully saturated rings. The second-order valence-electron chi connectivity index (χ2n) is 3.68. The summed E-state index contributed by atoms with van der Waals surface area (Å²) in [5.74, 6) is -0.236. The zero-order chi connectivity index (χ0) is 8.65. The first-order valence-electron chi connectivity index (χ1n) is 3.63. The molecular weight excluding hydrogens is 143 g/mol. The second kappa shape index (κ2) is 2.32. The molecule has 0 saturated carbocycles. The molecule has 0 aliphatic rings. The molecule has 0 atom stereocenters. The van der Waals surface area contributed by atoms with Crippen LogP contribution >= 0.6 is 0 Å². The first kappa shape index (κ1) is 8.24. The molecule has 0 unspecified atom stereocenters. The third-order valence-corrected chi connectivity index (χ3v) is 1.53. The monoisotopic (exact) mass is 156 g/mol. The molecule has 0 aromatic carbocycles. The van der Waals surface area contributed by atoms with E-state index in [1.54, 1.807) is 11.6 Å². The lowest BCUT2D eigenvalue weighted by Crippen LogP contribution is -2.22. The quantitative estimate of drug-likeness (QED) is 0.562. The Labute approximate surface area is 66.0 Å². The van der Waals surface area contributed by atoms with Gasteiger partial charge in [0.1, 0.15) is 0 Å². The van der Waals surface area contributed by atoms with Gasteiger partial charge in [0.05, 0.1) is 17.4 Å². The number of aromatic nitrogens is 2. The molecule has 0 amide bonds.